The van der Waals surface area contributed by atoms with E-state index in [1.807, 2.05) is 50.9 Å². The van der Waals surface area contributed by atoms with Gasteiger partial charge in [0.15, 0.2) is 0 Å². The van der Waals surface area contributed by atoms with Crippen molar-refractivity contribution >= 4 is 18.1 Å². The lowest BCUT2D eigenvalue weighted by Gasteiger charge is -2.35. The smallest absolute Gasteiger partial charge is 0.407 e. The van der Waals surface area contributed by atoms with Gasteiger partial charge in [-0.25, -0.2) is 19.6 Å². The lowest BCUT2D eigenvalue weighted by Crippen LogP contribution is -2.54. The van der Waals surface area contributed by atoms with Crippen LogP contribution in [-0.2, 0) is 27.5 Å². The zero-order valence-corrected chi connectivity index (χ0v) is 33.8. The zero-order valence-electron chi connectivity index (χ0n) is 33.8. The molecule has 3 amide bonds. The summed E-state index contributed by atoms with van der Waals surface area (Å²) in [5.41, 5.74) is 7.50. The SMILES string of the molecule is COC(=O)N[C@@H](C(C)C)C(O)N1CCC[C@H]1c1ncc(-c2cc3c4c(c2)OCc2cc(-c5cnc([C@@H]6CCCN6C(=O)[C@@H](NC(=O)OC)C(C)C)[nH]5)cc(c2-4)OC3)[nH]1. The molecule has 4 aliphatic heterocycles. The van der Waals surface area contributed by atoms with Crippen LogP contribution in [0.1, 0.15) is 88.2 Å². The molecule has 8 rings (SSSR count). The molecule has 2 saturated heterocycles. The monoisotopic (exact) mass is 796 g/mol. The highest BCUT2D eigenvalue weighted by Crippen LogP contribution is 2.51. The average molecular weight is 797 g/mol. The van der Waals surface area contributed by atoms with Gasteiger partial charge in [0.1, 0.15) is 48.6 Å². The van der Waals surface area contributed by atoms with Crippen LogP contribution in [-0.4, -0.2) is 98.6 Å². The molecule has 2 aromatic heterocycles. The molecule has 0 radical (unpaired) electrons. The Balaban J connectivity index is 1.01. The van der Waals surface area contributed by atoms with Crippen molar-refractivity contribution in [3.05, 3.63) is 59.4 Å². The van der Waals surface area contributed by atoms with E-state index in [1.54, 1.807) is 11.1 Å². The van der Waals surface area contributed by atoms with E-state index >= 15 is 0 Å². The fraction of sp³-hybridized carbons (Fsp3) is 0.500. The fourth-order valence-electron chi connectivity index (χ4n) is 8.88. The second kappa shape index (κ2) is 16.0. The van der Waals surface area contributed by atoms with E-state index < -0.39 is 30.5 Å². The second-order valence-electron chi connectivity index (χ2n) is 16.2. The summed E-state index contributed by atoms with van der Waals surface area (Å²) >= 11 is 0. The predicted molar refractivity (Wildman–Crippen MR) is 212 cm³/mol. The fourth-order valence-corrected chi connectivity index (χ4v) is 8.88. The number of carbonyl (C=O) groups excluding carboxylic acids is 3. The number of aromatic nitrogens is 4. The molecule has 0 spiro atoms. The minimum absolute atomic E-state index is 0.0257. The molecular weight excluding hydrogens is 745 g/mol. The number of alkyl carbamates (subject to hydrolysis) is 2. The van der Waals surface area contributed by atoms with Gasteiger partial charge in [-0.1, -0.05) is 27.7 Å². The largest absolute Gasteiger partial charge is 0.488 e. The standard InChI is InChI=1S/C42H52N8O8/c1-21(2)35(47-41(53)55-5)39(51)49-11-7-9-29(49)37-43-17-27(45-37)23-13-25-19-58-32-16-24(14-26-20-57-31(15-23)33(25)34(26)32)28-18-44-38(46-28)30-10-8-12-50(30)40(52)36(22(3)4)48-42(54)56-6/h13-18,21-22,29-30,35-36,39,51H,7-12,19-20H2,1-6H3,(H,43,45)(H,44,46)(H,47,53)(H,48,54)/t29-,30-,35-,36-,39?/m0/s1. The summed E-state index contributed by atoms with van der Waals surface area (Å²) in [5, 5.41) is 16.9. The maximum Gasteiger partial charge on any atom is 0.407 e. The first-order valence-electron chi connectivity index (χ1n) is 20.1. The number of aromatic amines is 2. The van der Waals surface area contributed by atoms with Gasteiger partial charge in [-0.05, 0) is 61.8 Å². The molecule has 1 unspecified atom stereocenters. The third-order valence-electron chi connectivity index (χ3n) is 11.9. The molecule has 0 aliphatic carbocycles. The number of benzene rings is 2. The number of imidazole rings is 2. The van der Waals surface area contributed by atoms with Crippen LogP contribution in [0.3, 0.4) is 0 Å². The van der Waals surface area contributed by atoms with E-state index in [9.17, 15) is 19.5 Å². The summed E-state index contributed by atoms with van der Waals surface area (Å²) in [7, 11) is 2.60. The minimum Gasteiger partial charge on any atom is -0.488 e. The first-order valence-corrected chi connectivity index (χ1v) is 20.1. The molecule has 0 bridgehead atoms. The zero-order chi connectivity index (χ0) is 40.8. The normalized spacial score (nSPS) is 19.9. The van der Waals surface area contributed by atoms with E-state index in [0.29, 0.717) is 32.1 Å². The van der Waals surface area contributed by atoms with Crippen LogP contribution in [0.2, 0.25) is 0 Å². The Morgan fingerprint density at radius 1 is 0.776 bits per heavy atom. The molecule has 5 atom stereocenters. The number of rotatable bonds is 11. The predicted octanol–water partition coefficient (Wildman–Crippen LogP) is 5.80. The molecule has 16 heteroatoms. The van der Waals surface area contributed by atoms with Gasteiger partial charge in [0.25, 0.3) is 0 Å². The number of aliphatic hydroxyl groups is 1. The number of H-pyrrole nitrogens is 2. The maximum atomic E-state index is 13.7. The van der Waals surface area contributed by atoms with Crippen molar-refractivity contribution in [3.63, 3.8) is 0 Å². The van der Waals surface area contributed by atoms with Crippen LogP contribution in [0.25, 0.3) is 33.6 Å². The van der Waals surface area contributed by atoms with Crippen LogP contribution < -0.4 is 20.1 Å². The van der Waals surface area contributed by atoms with Crippen molar-refractivity contribution < 1.29 is 38.4 Å². The van der Waals surface area contributed by atoms with Crippen LogP contribution in [0.5, 0.6) is 11.5 Å². The van der Waals surface area contributed by atoms with Crippen LogP contribution in [0.4, 0.5) is 9.59 Å². The van der Waals surface area contributed by atoms with Crippen molar-refractivity contribution in [3.8, 4) is 45.1 Å². The molecule has 16 nitrogen and oxygen atoms in total. The van der Waals surface area contributed by atoms with Gasteiger partial charge in [0.05, 0.1) is 56.1 Å². The molecule has 58 heavy (non-hydrogen) atoms. The molecule has 5 N–H and O–H groups in total. The number of likely N-dealkylation sites (tertiary alicyclic amines) is 2. The molecule has 308 valence electrons. The lowest BCUT2D eigenvalue weighted by atomic mass is 9.87. The van der Waals surface area contributed by atoms with Gasteiger partial charge < -0.3 is 49.6 Å². The third kappa shape index (κ3) is 7.23. The van der Waals surface area contributed by atoms with Crippen molar-refractivity contribution in [1.29, 1.82) is 0 Å². The quantitative estimate of drug-likeness (QED) is 0.123. The van der Waals surface area contributed by atoms with Crippen molar-refractivity contribution in [2.24, 2.45) is 11.8 Å². The number of hydrogen-bond acceptors (Lipinski definition) is 11. The van der Waals surface area contributed by atoms with Gasteiger partial charge in [0.2, 0.25) is 5.91 Å². The molecule has 2 fully saturated rings. The van der Waals surface area contributed by atoms with Crippen LogP contribution >= 0.6 is 0 Å². The summed E-state index contributed by atoms with van der Waals surface area (Å²) in [5.74, 6) is 2.68. The van der Waals surface area contributed by atoms with Crippen molar-refractivity contribution in [2.45, 2.75) is 97.0 Å². The molecule has 0 saturated carbocycles. The molecular formula is C42H52N8O8. The highest BCUT2D eigenvalue weighted by atomic mass is 16.5. The Labute approximate surface area is 337 Å². The Morgan fingerprint density at radius 2 is 1.31 bits per heavy atom. The topological polar surface area (TPSA) is 196 Å². The Kier molecular flexibility index (Phi) is 10.8. The number of nitrogens with one attached hydrogen (secondary N) is 4. The van der Waals surface area contributed by atoms with E-state index in [2.05, 4.69) is 32.7 Å². The number of amides is 3. The van der Waals surface area contributed by atoms with E-state index in [4.69, 9.17) is 28.9 Å². The van der Waals surface area contributed by atoms with Gasteiger partial charge in [-0.15, -0.1) is 0 Å². The van der Waals surface area contributed by atoms with E-state index in [-0.39, 0.29) is 29.8 Å². The van der Waals surface area contributed by atoms with Crippen LogP contribution in [0, 0.1) is 11.8 Å². The molecule has 4 aliphatic rings. The Hall–Kier alpha value is -5.61. The summed E-state index contributed by atoms with van der Waals surface area (Å²) in [6, 6.07) is 6.66. The Morgan fingerprint density at radius 3 is 1.86 bits per heavy atom. The lowest BCUT2D eigenvalue weighted by molar-refractivity contribution is -0.135. The van der Waals surface area contributed by atoms with E-state index in [1.165, 1.54) is 14.2 Å². The molecule has 4 aromatic rings. The van der Waals surface area contributed by atoms with Gasteiger partial charge in [-0.3, -0.25) is 9.69 Å². The molecule has 2 aromatic carbocycles. The summed E-state index contributed by atoms with van der Waals surface area (Å²) in [6.45, 7) is 9.66. The van der Waals surface area contributed by atoms with E-state index in [0.717, 1.165) is 87.8 Å². The number of hydrogen-bond donors (Lipinski definition) is 5. The van der Waals surface area contributed by atoms with Gasteiger partial charge in [-0.2, -0.15) is 0 Å². The first kappa shape index (κ1) is 39.2. The number of methoxy groups -OCH3 is 2. The highest BCUT2D eigenvalue weighted by Gasteiger charge is 2.40. The molecule has 6 heterocycles. The average Bonchev–Trinajstić information content (AvgIpc) is 4.06. The Bertz CT molecular complexity index is 2150. The second-order valence-corrected chi connectivity index (χ2v) is 16.2. The van der Waals surface area contributed by atoms with Crippen LogP contribution in [0.15, 0.2) is 36.7 Å². The van der Waals surface area contributed by atoms with Crippen molar-refractivity contribution in [2.75, 3.05) is 27.3 Å². The maximum absolute atomic E-state index is 13.7. The number of carbonyl (C=O) groups is 3. The first-order chi connectivity index (χ1) is 27.9. The highest BCUT2D eigenvalue weighted by molar-refractivity contribution is 5.89. The number of nitrogens with zero attached hydrogens (tertiary/aromatic N) is 4. The van der Waals surface area contributed by atoms with Gasteiger partial charge in [0, 0.05) is 46.5 Å². The van der Waals surface area contributed by atoms with Gasteiger partial charge >= 0.3 is 12.2 Å². The summed E-state index contributed by atoms with van der Waals surface area (Å²) in [6.07, 6.45) is 4.77. The van der Waals surface area contributed by atoms with Crippen molar-refractivity contribution in [1.82, 2.24) is 40.4 Å². The number of aliphatic hydroxyl groups excluding tert-OH is 1. The minimum atomic E-state index is -0.918. The third-order valence-corrected chi connectivity index (χ3v) is 11.9. The summed E-state index contributed by atoms with van der Waals surface area (Å²) < 4.78 is 22.5. The number of ether oxygens (including phenoxy) is 4. The summed E-state index contributed by atoms with van der Waals surface area (Å²) in [4.78, 5) is 58.1.